The zero-order valence-electron chi connectivity index (χ0n) is 11.6. The van der Waals surface area contributed by atoms with E-state index in [4.69, 9.17) is 11.6 Å². The Labute approximate surface area is 121 Å². The van der Waals surface area contributed by atoms with Gasteiger partial charge in [-0.25, -0.2) is 4.39 Å². The number of nitro groups is 1. The van der Waals surface area contributed by atoms with E-state index in [2.05, 4.69) is 5.32 Å². The average Bonchev–Trinajstić information content (AvgIpc) is 2.27. The summed E-state index contributed by atoms with van der Waals surface area (Å²) in [5.41, 5.74) is -0.387. The third kappa shape index (κ3) is 4.94. The highest BCUT2D eigenvalue weighted by atomic mass is 35.5. The Morgan fingerprint density at radius 3 is 2.60 bits per heavy atom. The Morgan fingerprint density at radius 2 is 2.10 bits per heavy atom. The third-order valence-electron chi connectivity index (χ3n) is 2.61. The molecule has 0 fully saturated rings. The molecule has 1 rings (SSSR count). The van der Waals surface area contributed by atoms with Gasteiger partial charge in [0.25, 0.3) is 5.69 Å². The highest BCUT2D eigenvalue weighted by Gasteiger charge is 2.20. The Bertz CT molecular complexity index is 503. The number of nitro benzene ring substituents is 1. The highest BCUT2D eigenvalue weighted by Crippen LogP contribution is 2.30. The summed E-state index contributed by atoms with van der Waals surface area (Å²) in [6.45, 7) is 6.01. The summed E-state index contributed by atoms with van der Waals surface area (Å²) in [4.78, 5) is 10.2. The SMILES string of the molecule is CC(C)(C)CC(O)CNc1cc(F)c(Cl)cc1[N+](=O)[O-]. The van der Waals surface area contributed by atoms with Crippen LogP contribution in [0.2, 0.25) is 5.02 Å². The van der Waals surface area contributed by atoms with Gasteiger partial charge in [-0.05, 0) is 11.8 Å². The predicted octanol–water partition coefficient (Wildman–Crippen LogP) is 3.60. The smallest absolute Gasteiger partial charge is 0.294 e. The number of rotatable bonds is 5. The minimum absolute atomic E-state index is 0.00450. The molecule has 1 atom stereocenters. The summed E-state index contributed by atoms with van der Waals surface area (Å²) in [5.74, 6) is -0.745. The molecular weight excluding hydrogens is 287 g/mol. The first-order valence-electron chi connectivity index (χ1n) is 6.15. The van der Waals surface area contributed by atoms with Gasteiger partial charge in [-0.2, -0.15) is 0 Å². The van der Waals surface area contributed by atoms with E-state index in [1.807, 2.05) is 20.8 Å². The van der Waals surface area contributed by atoms with Crippen molar-refractivity contribution >= 4 is 23.0 Å². The van der Waals surface area contributed by atoms with Gasteiger partial charge in [0, 0.05) is 18.7 Å². The molecule has 1 aromatic rings. The van der Waals surface area contributed by atoms with Crippen molar-refractivity contribution in [2.45, 2.75) is 33.3 Å². The van der Waals surface area contributed by atoms with Crippen LogP contribution in [0.15, 0.2) is 12.1 Å². The van der Waals surface area contributed by atoms with Crippen molar-refractivity contribution in [3.8, 4) is 0 Å². The van der Waals surface area contributed by atoms with E-state index in [1.54, 1.807) is 0 Å². The number of anilines is 1. The third-order valence-corrected chi connectivity index (χ3v) is 2.90. The standard InChI is InChI=1S/C13H18ClFN2O3/c1-13(2,3)6-8(18)7-16-11-5-10(15)9(14)4-12(11)17(19)20/h4-5,8,16,18H,6-7H2,1-3H3. The molecule has 7 heteroatoms. The van der Waals surface area contributed by atoms with Crippen LogP contribution >= 0.6 is 11.6 Å². The second kappa shape index (κ2) is 6.37. The molecule has 0 aliphatic rings. The van der Waals surface area contributed by atoms with Gasteiger partial charge in [-0.1, -0.05) is 32.4 Å². The highest BCUT2D eigenvalue weighted by molar-refractivity contribution is 6.31. The first-order chi connectivity index (χ1) is 9.10. The van der Waals surface area contributed by atoms with E-state index in [1.165, 1.54) is 0 Å². The van der Waals surface area contributed by atoms with E-state index in [9.17, 15) is 19.6 Å². The molecule has 0 spiro atoms. The van der Waals surface area contributed by atoms with Crippen LogP contribution in [0.1, 0.15) is 27.2 Å². The van der Waals surface area contributed by atoms with Crippen LogP contribution < -0.4 is 5.32 Å². The van der Waals surface area contributed by atoms with Gasteiger partial charge in [-0.15, -0.1) is 0 Å². The molecule has 0 aromatic heterocycles. The molecule has 112 valence electrons. The molecule has 2 N–H and O–H groups in total. The van der Waals surface area contributed by atoms with E-state index in [-0.39, 0.29) is 28.4 Å². The van der Waals surface area contributed by atoms with Gasteiger partial charge < -0.3 is 10.4 Å². The second-order valence-corrected chi connectivity index (χ2v) is 6.25. The largest absolute Gasteiger partial charge is 0.391 e. The first-order valence-corrected chi connectivity index (χ1v) is 6.53. The summed E-state index contributed by atoms with van der Waals surface area (Å²) in [6, 6.07) is 1.92. The molecule has 1 aromatic carbocycles. The first kappa shape index (κ1) is 16.7. The van der Waals surface area contributed by atoms with Gasteiger partial charge in [0.2, 0.25) is 0 Å². The zero-order valence-corrected chi connectivity index (χ0v) is 12.4. The van der Waals surface area contributed by atoms with Crippen LogP contribution in [0.5, 0.6) is 0 Å². The summed E-state index contributed by atoms with van der Waals surface area (Å²) in [5, 5.41) is 23.1. The lowest BCUT2D eigenvalue weighted by atomic mass is 9.89. The fraction of sp³-hybridized carbons (Fsp3) is 0.538. The minimum atomic E-state index is -0.745. The number of aliphatic hydroxyl groups excluding tert-OH is 1. The topological polar surface area (TPSA) is 75.4 Å². The Hall–Kier alpha value is -1.40. The Balaban J connectivity index is 2.82. The monoisotopic (exact) mass is 304 g/mol. The van der Waals surface area contributed by atoms with Crippen molar-refractivity contribution < 1.29 is 14.4 Å². The quantitative estimate of drug-likeness (QED) is 0.644. The molecular formula is C13H18ClFN2O3. The normalized spacial score (nSPS) is 13.1. The van der Waals surface area contributed by atoms with Crippen molar-refractivity contribution in [2.24, 2.45) is 5.41 Å². The molecule has 0 saturated heterocycles. The molecule has 5 nitrogen and oxygen atoms in total. The number of hydrogen-bond donors (Lipinski definition) is 2. The average molecular weight is 305 g/mol. The molecule has 0 amide bonds. The lowest BCUT2D eigenvalue weighted by Gasteiger charge is -2.22. The number of hydrogen-bond acceptors (Lipinski definition) is 4. The summed E-state index contributed by atoms with van der Waals surface area (Å²) < 4.78 is 13.4. The number of aliphatic hydroxyl groups is 1. The summed E-state index contributed by atoms with van der Waals surface area (Å²) in [6.07, 6.45) is -0.169. The van der Waals surface area contributed by atoms with E-state index < -0.39 is 16.8 Å². The number of nitrogens with one attached hydrogen (secondary N) is 1. The van der Waals surface area contributed by atoms with Crippen molar-refractivity contribution in [1.29, 1.82) is 0 Å². The minimum Gasteiger partial charge on any atom is -0.391 e. The predicted molar refractivity (Wildman–Crippen MR) is 76.6 cm³/mol. The number of halogens is 2. The molecule has 0 heterocycles. The molecule has 0 aliphatic heterocycles. The van der Waals surface area contributed by atoms with Crippen LogP contribution in [0.4, 0.5) is 15.8 Å². The fourth-order valence-corrected chi connectivity index (χ4v) is 1.99. The van der Waals surface area contributed by atoms with Crippen LogP contribution in [-0.2, 0) is 0 Å². The second-order valence-electron chi connectivity index (χ2n) is 5.84. The van der Waals surface area contributed by atoms with E-state index >= 15 is 0 Å². The lowest BCUT2D eigenvalue weighted by Crippen LogP contribution is -2.25. The fourth-order valence-electron chi connectivity index (χ4n) is 1.84. The summed E-state index contributed by atoms with van der Waals surface area (Å²) in [7, 11) is 0. The van der Waals surface area contributed by atoms with Crippen LogP contribution in [0, 0.1) is 21.3 Å². The molecule has 1 unspecified atom stereocenters. The van der Waals surface area contributed by atoms with Crippen molar-refractivity contribution in [3.63, 3.8) is 0 Å². The van der Waals surface area contributed by atoms with Gasteiger partial charge in [0.1, 0.15) is 11.5 Å². The summed E-state index contributed by atoms with van der Waals surface area (Å²) >= 11 is 5.52. The number of benzene rings is 1. The van der Waals surface area contributed by atoms with Gasteiger partial charge in [0.15, 0.2) is 0 Å². The maximum Gasteiger partial charge on any atom is 0.294 e. The Kier molecular flexibility index (Phi) is 5.30. The van der Waals surface area contributed by atoms with Crippen LogP contribution in [-0.4, -0.2) is 22.7 Å². The van der Waals surface area contributed by atoms with Crippen LogP contribution in [0.25, 0.3) is 0 Å². The van der Waals surface area contributed by atoms with Gasteiger partial charge in [-0.3, -0.25) is 10.1 Å². The van der Waals surface area contributed by atoms with E-state index in [0.29, 0.717) is 6.42 Å². The van der Waals surface area contributed by atoms with E-state index in [0.717, 1.165) is 12.1 Å². The van der Waals surface area contributed by atoms with Crippen LogP contribution in [0.3, 0.4) is 0 Å². The lowest BCUT2D eigenvalue weighted by molar-refractivity contribution is -0.384. The molecule has 0 saturated carbocycles. The zero-order chi connectivity index (χ0) is 15.5. The van der Waals surface area contributed by atoms with Crippen molar-refractivity contribution in [3.05, 3.63) is 33.1 Å². The molecule has 20 heavy (non-hydrogen) atoms. The van der Waals surface area contributed by atoms with Gasteiger partial charge in [0.05, 0.1) is 16.0 Å². The maximum atomic E-state index is 13.4. The molecule has 0 radical (unpaired) electrons. The molecule has 0 aliphatic carbocycles. The molecule has 0 bridgehead atoms. The Morgan fingerprint density at radius 1 is 1.50 bits per heavy atom. The van der Waals surface area contributed by atoms with Crippen molar-refractivity contribution in [1.82, 2.24) is 0 Å². The van der Waals surface area contributed by atoms with Crippen molar-refractivity contribution in [2.75, 3.05) is 11.9 Å². The van der Waals surface area contributed by atoms with Gasteiger partial charge >= 0.3 is 0 Å². The number of nitrogens with zero attached hydrogens (tertiary/aromatic N) is 1. The maximum absolute atomic E-state index is 13.4.